The molecule has 35 heavy (non-hydrogen) atoms. The van der Waals surface area contributed by atoms with Gasteiger partial charge in [-0.1, -0.05) is 36.4 Å². The van der Waals surface area contributed by atoms with Crippen LogP contribution in [0.1, 0.15) is 33.5 Å². The van der Waals surface area contributed by atoms with Gasteiger partial charge in [-0.3, -0.25) is 14.6 Å². The van der Waals surface area contributed by atoms with E-state index in [-0.39, 0.29) is 17.9 Å². The molecule has 4 aromatic rings. The zero-order chi connectivity index (χ0) is 24.4. The molecule has 0 radical (unpaired) electrons. The van der Waals surface area contributed by atoms with Gasteiger partial charge in [-0.25, -0.2) is 0 Å². The molecule has 0 bridgehead atoms. The predicted molar refractivity (Wildman–Crippen MR) is 128 cm³/mol. The summed E-state index contributed by atoms with van der Waals surface area (Å²) in [4.78, 5) is 32.2. The van der Waals surface area contributed by atoms with Crippen molar-refractivity contribution in [3.8, 4) is 11.5 Å². The van der Waals surface area contributed by atoms with Gasteiger partial charge in [0.2, 0.25) is 5.78 Å². The Bertz CT molecular complexity index is 1410. The van der Waals surface area contributed by atoms with Crippen LogP contribution in [-0.4, -0.2) is 26.7 Å². The molecule has 7 heteroatoms. The van der Waals surface area contributed by atoms with E-state index in [1.54, 1.807) is 55.7 Å². The molecule has 0 saturated heterocycles. The van der Waals surface area contributed by atoms with Crippen molar-refractivity contribution in [2.45, 2.75) is 19.5 Å². The van der Waals surface area contributed by atoms with Crippen molar-refractivity contribution in [1.82, 2.24) is 9.88 Å². The number of aromatic nitrogens is 1. The number of ether oxygens (including phenoxy) is 1. The summed E-state index contributed by atoms with van der Waals surface area (Å²) in [5.74, 6) is 0.0281. The molecule has 2 aromatic heterocycles. The fraction of sp³-hybridized carbons (Fsp3) is 0.107. The number of Topliss-reactive ketones (excluding diaryl/α,β-unsaturated/α-hetero) is 1. The fourth-order valence-electron chi connectivity index (χ4n) is 4.15. The summed E-state index contributed by atoms with van der Waals surface area (Å²) in [7, 11) is 0. The summed E-state index contributed by atoms with van der Waals surface area (Å²) in [6.07, 6.45) is 3.28. The second-order valence-corrected chi connectivity index (χ2v) is 8.19. The van der Waals surface area contributed by atoms with Crippen molar-refractivity contribution in [1.29, 1.82) is 0 Å². The third-order valence-electron chi connectivity index (χ3n) is 5.74. The van der Waals surface area contributed by atoms with Crippen molar-refractivity contribution in [3.05, 3.63) is 125 Å². The Morgan fingerprint density at radius 3 is 2.54 bits per heavy atom. The molecule has 1 aliphatic rings. The number of hydrogen-bond donors (Lipinski definition) is 1. The second kappa shape index (κ2) is 9.30. The van der Waals surface area contributed by atoms with E-state index in [0.29, 0.717) is 22.8 Å². The Morgan fingerprint density at radius 2 is 1.83 bits per heavy atom. The van der Waals surface area contributed by atoms with E-state index in [0.717, 1.165) is 5.56 Å². The molecule has 0 fully saturated rings. The Morgan fingerprint density at radius 1 is 1.03 bits per heavy atom. The number of nitrogens with zero attached hydrogens (tertiary/aromatic N) is 2. The number of amides is 1. The van der Waals surface area contributed by atoms with Gasteiger partial charge in [0.25, 0.3) is 5.91 Å². The minimum absolute atomic E-state index is 0.0369. The number of furan rings is 1. The average Bonchev–Trinajstić information content (AvgIpc) is 3.42. The Kier molecular flexibility index (Phi) is 5.89. The van der Waals surface area contributed by atoms with E-state index >= 15 is 0 Å². The minimum atomic E-state index is -0.847. The van der Waals surface area contributed by atoms with E-state index < -0.39 is 23.5 Å². The first-order valence-electron chi connectivity index (χ1n) is 11.1. The average molecular weight is 466 g/mol. The summed E-state index contributed by atoms with van der Waals surface area (Å²) in [6, 6.07) is 22.4. The lowest BCUT2D eigenvalue weighted by Gasteiger charge is -2.27. The molecular weight excluding hydrogens is 444 g/mol. The third kappa shape index (κ3) is 4.44. The van der Waals surface area contributed by atoms with E-state index in [1.165, 1.54) is 11.0 Å². The molecule has 174 valence electrons. The van der Waals surface area contributed by atoms with Gasteiger partial charge in [0.1, 0.15) is 17.3 Å². The van der Waals surface area contributed by atoms with Crippen LogP contribution >= 0.6 is 0 Å². The summed E-state index contributed by atoms with van der Waals surface area (Å²) < 4.78 is 11.5. The Hall–Kier alpha value is -4.65. The monoisotopic (exact) mass is 466 g/mol. The second-order valence-electron chi connectivity index (χ2n) is 8.19. The zero-order valence-electron chi connectivity index (χ0n) is 18.9. The van der Waals surface area contributed by atoms with Crippen molar-refractivity contribution in [2.75, 3.05) is 0 Å². The van der Waals surface area contributed by atoms with Gasteiger partial charge in [0, 0.05) is 18.9 Å². The van der Waals surface area contributed by atoms with Crippen LogP contribution < -0.4 is 4.74 Å². The van der Waals surface area contributed by atoms with Crippen LogP contribution in [0.25, 0.3) is 0 Å². The quantitative estimate of drug-likeness (QED) is 0.359. The summed E-state index contributed by atoms with van der Waals surface area (Å²) in [5.41, 5.74) is 1.34. The number of pyridine rings is 1. The van der Waals surface area contributed by atoms with E-state index in [1.807, 2.05) is 36.4 Å². The molecule has 1 atom stereocenters. The largest absolute Gasteiger partial charge is 0.503 e. The number of hydrogen-bond acceptors (Lipinski definition) is 6. The van der Waals surface area contributed by atoms with Crippen molar-refractivity contribution < 1.29 is 23.8 Å². The highest BCUT2D eigenvalue weighted by molar-refractivity contribution is 6.15. The number of carbonyl (C=O) groups is 2. The number of carbonyl (C=O) groups excluding carboxylic acids is 2. The summed E-state index contributed by atoms with van der Waals surface area (Å²) in [6.45, 7) is 1.88. The van der Waals surface area contributed by atoms with Crippen LogP contribution in [0.4, 0.5) is 0 Å². The zero-order valence-corrected chi connectivity index (χ0v) is 18.9. The lowest BCUT2D eigenvalue weighted by Crippen LogP contribution is -2.30. The van der Waals surface area contributed by atoms with E-state index in [9.17, 15) is 14.7 Å². The first kappa shape index (κ1) is 22.2. The number of rotatable bonds is 7. The third-order valence-corrected chi connectivity index (χ3v) is 5.74. The maximum absolute atomic E-state index is 13.4. The summed E-state index contributed by atoms with van der Waals surface area (Å²) >= 11 is 0. The van der Waals surface area contributed by atoms with Crippen LogP contribution in [-0.2, 0) is 11.3 Å². The lowest BCUT2D eigenvalue weighted by atomic mass is 9.94. The Labute approximate surface area is 201 Å². The molecule has 0 saturated carbocycles. The fourth-order valence-corrected chi connectivity index (χ4v) is 4.15. The van der Waals surface area contributed by atoms with Gasteiger partial charge in [-0.05, 0) is 60.5 Å². The number of aliphatic hydroxyl groups is 1. The highest BCUT2D eigenvalue weighted by Gasteiger charge is 2.44. The molecular formula is C28H22N2O5. The van der Waals surface area contributed by atoms with Gasteiger partial charge >= 0.3 is 0 Å². The number of para-hydroxylation sites is 1. The smallest absolute Gasteiger partial charge is 0.290 e. The van der Waals surface area contributed by atoms with Crippen LogP contribution in [0.5, 0.6) is 11.5 Å². The lowest BCUT2D eigenvalue weighted by molar-refractivity contribution is -0.130. The first-order chi connectivity index (χ1) is 17.0. The molecule has 3 heterocycles. The SMILES string of the molecule is Cc1ccc(C(=O)C2=C(O)C(=O)N(Cc3cccnc3)[C@@H]2c2cccc(Oc3ccccc3)c2)o1. The number of aryl methyl sites for hydroxylation is 1. The van der Waals surface area contributed by atoms with Gasteiger partial charge < -0.3 is 19.2 Å². The van der Waals surface area contributed by atoms with Gasteiger partial charge in [0.15, 0.2) is 11.5 Å². The van der Waals surface area contributed by atoms with Crippen molar-refractivity contribution in [2.24, 2.45) is 0 Å². The number of benzene rings is 2. The number of aliphatic hydroxyl groups excluding tert-OH is 1. The minimum Gasteiger partial charge on any atom is -0.503 e. The molecule has 1 aliphatic heterocycles. The number of ketones is 1. The molecule has 1 amide bonds. The van der Waals surface area contributed by atoms with Crippen LogP contribution in [0.2, 0.25) is 0 Å². The van der Waals surface area contributed by atoms with Crippen molar-refractivity contribution >= 4 is 11.7 Å². The molecule has 0 spiro atoms. The van der Waals surface area contributed by atoms with Gasteiger partial charge in [0.05, 0.1) is 11.6 Å². The first-order valence-corrected chi connectivity index (χ1v) is 11.1. The maximum atomic E-state index is 13.4. The normalized spacial score (nSPS) is 15.5. The highest BCUT2D eigenvalue weighted by atomic mass is 16.5. The van der Waals surface area contributed by atoms with E-state index in [4.69, 9.17) is 9.15 Å². The van der Waals surface area contributed by atoms with Crippen LogP contribution in [0.3, 0.4) is 0 Å². The van der Waals surface area contributed by atoms with Crippen LogP contribution in [0.15, 0.2) is 107 Å². The Balaban J connectivity index is 1.57. The molecule has 0 aliphatic carbocycles. The molecule has 2 aromatic carbocycles. The molecule has 1 N–H and O–H groups in total. The van der Waals surface area contributed by atoms with Gasteiger partial charge in [-0.15, -0.1) is 0 Å². The molecule has 0 unspecified atom stereocenters. The van der Waals surface area contributed by atoms with Crippen molar-refractivity contribution in [3.63, 3.8) is 0 Å². The topological polar surface area (TPSA) is 92.9 Å². The van der Waals surface area contributed by atoms with E-state index in [2.05, 4.69) is 4.98 Å². The predicted octanol–water partition coefficient (Wildman–Crippen LogP) is 5.55. The molecule has 5 rings (SSSR count). The molecule has 7 nitrogen and oxygen atoms in total. The van der Waals surface area contributed by atoms with Gasteiger partial charge in [-0.2, -0.15) is 0 Å². The van der Waals surface area contributed by atoms with Crippen LogP contribution in [0, 0.1) is 6.92 Å². The highest BCUT2D eigenvalue weighted by Crippen LogP contribution is 2.41. The standard InChI is InChI=1S/C28H22N2O5/c1-18-12-13-23(34-18)26(31)24-25(30(28(33)27(24)32)17-19-7-6-14-29-16-19)20-8-5-11-22(15-20)35-21-9-3-2-4-10-21/h2-16,25,32H,17H2,1H3/t25-/m1/s1. The maximum Gasteiger partial charge on any atom is 0.290 e. The summed E-state index contributed by atoms with van der Waals surface area (Å²) in [5, 5.41) is 10.9.